The van der Waals surface area contributed by atoms with Crippen molar-refractivity contribution in [2.45, 2.75) is 38.7 Å². The first-order valence-electron chi connectivity index (χ1n) is 7.28. The Bertz CT molecular complexity index is 389. The van der Waals surface area contributed by atoms with Gasteiger partial charge in [-0.05, 0) is 44.2 Å². The maximum atomic E-state index is 10.9. The zero-order valence-electron chi connectivity index (χ0n) is 12.3. The highest BCUT2D eigenvalue weighted by atomic mass is 16.5. The minimum Gasteiger partial charge on any atom is -0.378 e. The van der Waals surface area contributed by atoms with E-state index in [1.165, 1.54) is 11.6 Å². The maximum Gasteiger partial charge on any atom is 0.243 e. The summed E-state index contributed by atoms with van der Waals surface area (Å²) in [5.41, 5.74) is 1.36. The summed E-state index contributed by atoms with van der Waals surface area (Å²) < 4.78 is 5.76. The number of hydrogen-bond donors (Lipinski definition) is 1. The van der Waals surface area contributed by atoms with Gasteiger partial charge in [-0.2, -0.15) is 0 Å². The van der Waals surface area contributed by atoms with Crippen LogP contribution in [0.1, 0.15) is 31.7 Å². The van der Waals surface area contributed by atoms with E-state index in [1.807, 2.05) is 6.07 Å². The van der Waals surface area contributed by atoms with E-state index in [4.69, 9.17) is 4.74 Å². The lowest BCUT2D eigenvalue weighted by molar-refractivity contribution is -0.116. The monoisotopic (exact) mass is 275 g/mol. The molecule has 0 saturated heterocycles. The van der Waals surface area contributed by atoms with Gasteiger partial charge in [-0.1, -0.05) is 36.9 Å². The maximum absolute atomic E-state index is 10.9. The van der Waals surface area contributed by atoms with Crippen molar-refractivity contribution >= 4 is 5.91 Å². The van der Waals surface area contributed by atoms with Gasteiger partial charge in [0.15, 0.2) is 0 Å². The third-order valence-electron chi connectivity index (χ3n) is 3.14. The summed E-state index contributed by atoms with van der Waals surface area (Å²) in [6.45, 7) is 6.96. The third-order valence-corrected chi connectivity index (χ3v) is 3.14. The lowest BCUT2D eigenvalue weighted by atomic mass is 10.1. The second-order valence-corrected chi connectivity index (χ2v) is 4.91. The average Bonchev–Trinajstić information content (AvgIpc) is 2.49. The van der Waals surface area contributed by atoms with Gasteiger partial charge in [0.2, 0.25) is 5.91 Å². The van der Waals surface area contributed by atoms with E-state index in [2.05, 4.69) is 43.1 Å². The third kappa shape index (κ3) is 7.74. The van der Waals surface area contributed by atoms with Gasteiger partial charge >= 0.3 is 0 Å². The molecule has 1 unspecified atom stereocenters. The summed E-state index contributed by atoms with van der Waals surface area (Å²) in [4.78, 5) is 10.9. The van der Waals surface area contributed by atoms with Crippen LogP contribution in [0.4, 0.5) is 0 Å². The summed E-state index contributed by atoms with van der Waals surface area (Å²) in [5, 5.41) is 2.75. The number of benzene rings is 1. The normalized spacial score (nSPS) is 11.8. The van der Waals surface area contributed by atoms with Crippen LogP contribution in [0.2, 0.25) is 0 Å². The largest absolute Gasteiger partial charge is 0.378 e. The molecule has 110 valence electrons. The number of aryl methyl sites for hydroxylation is 1. The first kappa shape index (κ1) is 16.4. The van der Waals surface area contributed by atoms with Crippen molar-refractivity contribution in [3.63, 3.8) is 0 Å². The van der Waals surface area contributed by atoms with E-state index in [-0.39, 0.29) is 12.0 Å². The fourth-order valence-electron chi connectivity index (χ4n) is 1.89. The van der Waals surface area contributed by atoms with Crippen molar-refractivity contribution in [2.75, 3.05) is 13.2 Å². The van der Waals surface area contributed by atoms with Crippen LogP contribution in [0.5, 0.6) is 0 Å². The van der Waals surface area contributed by atoms with Crippen molar-refractivity contribution in [3.8, 4) is 0 Å². The molecule has 1 aromatic rings. The predicted molar refractivity (Wildman–Crippen MR) is 82.6 cm³/mol. The van der Waals surface area contributed by atoms with Gasteiger partial charge in [0.25, 0.3) is 0 Å². The molecule has 0 fully saturated rings. The van der Waals surface area contributed by atoms with Gasteiger partial charge in [0.05, 0.1) is 6.10 Å². The van der Waals surface area contributed by atoms with Crippen LogP contribution in [0, 0.1) is 0 Å². The average molecular weight is 275 g/mol. The fraction of sp³-hybridized carbons (Fsp3) is 0.471. The first-order chi connectivity index (χ1) is 9.72. The first-order valence-corrected chi connectivity index (χ1v) is 7.28. The molecule has 1 atom stereocenters. The molecule has 0 bridgehead atoms. The van der Waals surface area contributed by atoms with Crippen LogP contribution in [-0.4, -0.2) is 25.2 Å². The van der Waals surface area contributed by atoms with Gasteiger partial charge in [0.1, 0.15) is 0 Å². The molecule has 1 aromatic carbocycles. The summed E-state index contributed by atoms with van der Waals surface area (Å²) in [6.07, 6.45) is 5.56. The highest BCUT2D eigenvalue weighted by molar-refractivity contribution is 5.86. The quantitative estimate of drug-likeness (QED) is 0.526. The SMILES string of the molecule is C=CC(=O)NCCCCOC(C)CCc1ccccc1. The molecular weight excluding hydrogens is 250 g/mol. The Balaban J connectivity index is 1.99. The zero-order valence-corrected chi connectivity index (χ0v) is 12.3. The predicted octanol–water partition coefficient (Wildman–Crippen LogP) is 3.11. The topological polar surface area (TPSA) is 38.3 Å². The van der Waals surface area contributed by atoms with Crippen LogP contribution in [0.25, 0.3) is 0 Å². The molecule has 1 rings (SSSR count). The molecular formula is C17H25NO2. The number of carbonyl (C=O) groups excluding carboxylic acids is 1. The Kier molecular flexibility index (Phi) is 8.40. The number of rotatable bonds is 10. The van der Waals surface area contributed by atoms with Crippen LogP contribution in [-0.2, 0) is 16.0 Å². The number of unbranched alkanes of at least 4 members (excludes halogenated alkanes) is 1. The van der Waals surface area contributed by atoms with Gasteiger partial charge in [-0.25, -0.2) is 0 Å². The minimum atomic E-state index is -0.109. The van der Waals surface area contributed by atoms with E-state index < -0.39 is 0 Å². The molecule has 0 aliphatic heterocycles. The van der Waals surface area contributed by atoms with E-state index in [0.717, 1.165) is 32.3 Å². The Morgan fingerprint density at radius 3 is 2.80 bits per heavy atom. The highest BCUT2D eigenvalue weighted by Gasteiger charge is 2.02. The van der Waals surface area contributed by atoms with Crippen LogP contribution >= 0.6 is 0 Å². The Morgan fingerprint density at radius 2 is 2.10 bits per heavy atom. The summed E-state index contributed by atoms with van der Waals surface area (Å²) in [5.74, 6) is -0.109. The zero-order chi connectivity index (χ0) is 14.6. The van der Waals surface area contributed by atoms with Crippen molar-refractivity contribution in [3.05, 3.63) is 48.6 Å². The number of amides is 1. The van der Waals surface area contributed by atoms with E-state index >= 15 is 0 Å². The molecule has 0 aromatic heterocycles. The smallest absolute Gasteiger partial charge is 0.243 e. The molecule has 3 heteroatoms. The Labute approximate surface area is 122 Å². The van der Waals surface area contributed by atoms with E-state index in [0.29, 0.717) is 6.54 Å². The van der Waals surface area contributed by atoms with E-state index in [1.54, 1.807) is 0 Å². The second-order valence-electron chi connectivity index (χ2n) is 4.91. The molecule has 0 aliphatic rings. The van der Waals surface area contributed by atoms with Crippen molar-refractivity contribution in [2.24, 2.45) is 0 Å². The molecule has 0 saturated carbocycles. The lowest BCUT2D eigenvalue weighted by Crippen LogP contribution is -2.22. The number of nitrogens with one attached hydrogen (secondary N) is 1. The standard InChI is InChI=1S/C17H25NO2/c1-3-17(19)18-13-7-8-14-20-15(2)11-12-16-9-5-4-6-10-16/h3-6,9-10,15H,1,7-8,11-14H2,2H3,(H,18,19). The molecule has 0 radical (unpaired) electrons. The molecule has 0 aliphatic carbocycles. The van der Waals surface area contributed by atoms with Gasteiger partial charge in [0, 0.05) is 13.2 Å². The second kappa shape index (κ2) is 10.2. The summed E-state index contributed by atoms with van der Waals surface area (Å²) >= 11 is 0. The van der Waals surface area contributed by atoms with E-state index in [9.17, 15) is 4.79 Å². The van der Waals surface area contributed by atoms with Gasteiger partial charge in [-0.15, -0.1) is 0 Å². The van der Waals surface area contributed by atoms with Gasteiger partial charge < -0.3 is 10.1 Å². The number of hydrogen-bond acceptors (Lipinski definition) is 2. The van der Waals surface area contributed by atoms with Crippen molar-refractivity contribution in [1.29, 1.82) is 0 Å². The number of carbonyl (C=O) groups is 1. The molecule has 0 spiro atoms. The van der Waals surface area contributed by atoms with Crippen molar-refractivity contribution < 1.29 is 9.53 Å². The van der Waals surface area contributed by atoms with Gasteiger partial charge in [-0.3, -0.25) is 4.79 Å². The number of ether oxygens (including phenoxy) is 1. The molecule has 0 heterocycles. The minimum absolute atomic E-state index is 0.109. The molecule has 1 amide bonds. The summed E-state index contributed by atoms with van der Waals surface area (Å²) in [6, 6.07) is 10.5. The Morgan fingerprint density at radius 1 is 1.35 bits per heavy atom. The van der Waals surface area contributed by atoms with Crippen LogP contribution < -0.4 is 5.32 Å². The summed E-state index contributed by atoms with van der Waals surface area (Å²) in [7, 11) is 0. The van der Waals surface area contributed by atoms with Crippen LogP contribution in [0.15, 0.2) is 43.0 Å². The Hall–Kier alpha value is -1.61. The van der Waals surface area contributed by atoms with Crippen LogP contribution in [0.3, 0.4) is 0 Å². The van der Waals surface area contributed by atoms with Crippen molar-refractivity contribution in [1.82, 2.24) is 5.32 Å². The molecule has 3 nitrogen and oxygen atoms in total. The molecule has 1 N–H and O–H groups in total. The fourth-order valence-corrected chi connectivity index (χ4v) is 1.89. The lowest BCUT2D eigenvalue weighted by Gasteiger charge is -2.13. The highest BCUT2D eigenvalue weighted by Crippen LogP contribution is 2.07. The molecule has 20 heavy (non-hydrogen) atoms.